The molecule has 1 fully saturated rings. The van der Waals surface area contributed by atoms with Crippen molar-refractivity contribution in [1.82, 2.24) is 9.21 Å². The summed E-state index contributed by atoms with van der Waals surface area (Å²) in [5.74, 6) is -1.07. The highest BCUT2D eigenvalue weighted by atomic mass is 32.2. The van der Waals surface area contributed by atoms with Gasteiger partial charge in [0, 0.05) is 19.1 Å². The van der Waals surface area contributed by atoms with Crippen molar-refractivity contribution in [3.63, 3.8) is 0 Å². The number of nitrogens with zero attached hydrogens (tertiary/aromatic N) is 2. The van der Waals surface area contributed by atoms with Gasteiger partial charge in [-0.25, -0.2) is 12.7 Å². The van der Waals surface area contributed by atoms with Crippen LogP contribution in [0, 0.1) is 5.92 Å². The molecule has 0 bridgehead atoms. The largest absolute Gasteiger partial charge is 0.468 e. The van der Waals surface area contributed by atoms with Crippen molar-refractivity contribution < 1.29 is 22.7 Å². The third-order valence-electron chi connectivity index (χ3n) is 3.64. The van der Waals surface area contributed by atoms with Crippen LogP contribution in [0.15, 0.2) is 0 Å². The highest BCUT2D eigenvalue weighted by molar-refractivity contribution is 7.88. The summed E-state index contributed by atoms with van der Waals surface area (Å²) >= 11 is 0. The van der Waals surface area contributed by atoms with Crippen LogP contribution in [0.2, 0.25) is 0 Å². The van der Waals surface area contributed by atoms with Crippen LogP contribution in [0.1, 0.15) is 26.7 Å². The van der Waals surface area contributed by atoms with E-state index in [1.807, 2.05) is 13.8 Å². The Morgan fingerprint density at radius 2 is 2.00 bits per heavy atom. The minimum absolute atomic E-state index is 0.109. The number of amides is 1. The number of rotatable bonds is 5. The molecule has 1 unspecified atom stereocenters. The van der Waals surface area contributed by atoms with E-state index in [1.54, 1.807) is 0 Å². The summed E-state index contributed by atoms with van der Waals surface area (Å²) < 4.78 is 29.2. The zero-order valence-electron chi connectivity index (χ0n) is 13.0. The van der Waals surface area contributed by atoms with Gasteiger partial charge in [-0.2, -0.15) is 0 Å². The molecule has 1 aliphatic rings. The molecule has 0 spiro atoms. The fourth-order valence-corrected chi connectivity index (χ4v) is 3.31. The van der Waals surface area contributed by atoms with Gasteiger partial charge in [-0.1, -0.05) is 0 Å². The van der Waals surface area contributed by atoms with Gasteiger partial charge >= 0.3 is 5.97 Å². The van der Waals surface area contributed by atoms with Crippen LogP contribution in [0.5, 0.6) is 0 Å². The maximum Gasteiger partial charge on any atom is 0.325 e. The fourth-order valence-electron chi connectivity index (χ4n) is 2.40. The summed E-state index contributed by atoms with van der Waals surface area (Å²) in [4.78, 5) is 25.4. The molecule has 1 saturated heterocycles. The smallest absolute Gasteiger partial charge is 0.325 e. The van der Waals surface area contributed by atoms with Crippen LogP contribution >= 0.6 is 0 Å². The van der Waals surface area contributed by atoms with Crippen LogP contribution in [0.3, 0.4) is 0 Å². The summed E-state index contributed by atoms with van der Waals surface area (Å²) in [6, 6.07) is -0.148. The number of esters is 1. The molecule has 0 radical (unpaired) electrons. The van der Waals surface area contributed by atoms with Gasteiger partial charge in [-0.3, -0.25) is 9.59 Å². The Balaban J connectivity index is 2.81. The minimum atomic E-state index is -3.30. The van der Waals surface area contributed by atoms with Crippen molar-refractivity contribution in [3.05, 3.63) is 0 Å². The Kier molecular flexibility index (Phi) is 6.15. The van der Waals surface area contributed by atoms with Gasteiger partial charge in [0.1, 0.15) is 6.54 Å². The van der Waals surface area contributed by atoms with Gasteiger partial charge in [0.25, 0.3) is 0 Å². The molecule has 7 nitrogen and oxygen atoms in total. The SMILES string of the molecule is COC(=O)CN(C(=O)C1CCCN(S(C)(=O)=O)C1)C(C)C. The molecule has 122 valence electrons. The van der Waals surface area contributed by atoms with E-state index in [-0.39, 0.29) is 25.0 Å². The lowest BCUT2D eigenvalue weighted by Crippen LogP contribution is -2.49. The van der Waals surface area contributed by atoms with Crippen LogP contribution in [-0.4, -0.2) is 68.5 Å². The first kappa shape index (κ1) is 17.9. The third-order valence-corrected chi connectivity index (χ3v) is 4.91. The molecular weight excluding hydrogens is 296 g/mol. The predicted octanol–water partition coefficient (Wildman–Crippen LogP) is 0.0680. The van der Waals surface area contributed by atoms with Crippen LogP contribution in [0.25, 0.3) is 0 Å². The van der Waals surface area contributed by atoms with Crippen molar-refractivity contribution in [1.29, 1.82) is 0 Å². The molecule has 21 heavy (non-hydrogen) atoms. The highest BCUT2D eigenvalue weighted by Crippen LogP contribution is 2.21. The molecule has 1 heterocycles. The van der Waals surface area contributed by atoms with E-state index in [4.69, 9.17) is 0 Å². The molecule has 1 amide bonds. The van der Waals surface area contributed by atoms with Gasteiger partial charge in [-0.05, 0) is 26.7 Å². The molecule has 8 heteroatoms. The highest BCUT2D eigenvalue weighted by Gasteiger charge is 2.34. The number of carbonyl (C=O) groups is 2. The van der Waals surface area contributed by atoms with Crippen molar-refractivity contribution in [2.75, 3.05) is 33.0 Å². The zero-order valence-corrected chi connectivity index (χ0v) is 13.9. The van der Waals surface area contributed by atoms with E-state index < -0.39 is 21.9 Å². The quantitative estimate of drug-likeness (QED) is 0.669. The van der Waals surface area contributed by atoms with E-state index >= 15 is 0 Å². The number of methoxy groups -OCH3 is 1. The fraction of sp³-hybridized carbons (Fsp3) is 0.846. The molecule has 0 aliphatic carbocycles. The van der Waals surface area contributed by atoms with Gasteiger partial charge in [-0.15, -0.1) is 0 Å². The Bertz CT molecular complexity index is 489. The molecular formula is C13H24N2O5S. The summed E-state index contributed by atoms with van der Waals surface area (Å²) in [7, 11) is -2.02. The van der Waals surface area contributed by atoms with E-state index in [0.717, 1.165) is 6.26 Å². The van der Waals surface area contributed by atoms with Crippen molar-refractivity contribution in [3.8, 4) is 0 Å². The average Bonchev–Trinajstić information content (AvgIpc) is 2.42. The first-order valence-electron chi connectivity index (χ1n) is 6.99. The molecule has 1 rings (SSSR count). The number of carbonyl (C=O) groups excluding carboxylic acids is 2. The second kappa shape index (κ2) is 7.22. The van der Waals surface area contributed by atoms with E-state index in [0.29, 0.717) is 19.4 Å². The number of sulfonamides is 1. The summed E-state index contributed by atoms with van der Waals surface area (Å²) in [5, 5.41) is 0. The lowest BCUT2D eigenvalue weighted by atomic mass is 9.97. The molecule has 0 aromatic carbocycles. The first-order chi connectivity index (χ1) is 9.66. The number of piperidine rings is 1. The number of hydrogen-bond acceptors (Lipinski definition) is 5. The van der Waals surface area contributed by atoms with Gasteiger partial charge < -0.3 is 9.64 Å². The number of hydrogen-bond donors (Lipinski definition) is 0. The second-order valence-electron chi connectivity index (χ2n) is 5.60. The van der Waals surface area contributed by atoms with Crippen molar-refractivity contribution in [2.24, 2.45) is 5.92 Å². The zero-order chi connectivity index (χ0) is 16.2. The maximum absolute atomic E-state index is 12.6. The Hall–Kier alpha value is -1.15. The van der Waals surface area contributed by atoms with E-state index in [1.165, 1.54) is 16.3 Å². The molecule has 1 aliphatic heterocycles. The van der Waals surface area contributed by atoms with Crippen LogP contribution in [-0.2, 0) is 24.3 Å². The maximum atomic E-state index is 12.6. The summed E-state index contributed by atoms with van der Waals surface area (Å²) in [6.45, 7) is 4.15. The standard InChI is InChI=1S/C13H24N2O5S/c1-10(2)15(9-12(16)20-3)13(17)11-6-5-7-14(8-11)21(4,18)19/h10-11H,5-9H2,1-4H3. The van der Waals surface area contributed by atoms with Crippen LogP contribution < -0.4 is 0 Å². The normalized spacial score (nSPS) is 20.3. The second-order valence-corrected chi connectivity index (χ2v) is 7.58. The average molecular weight is 320 g/mol. The molecule has 1 atom stereocenters. The van der Waals surface area contributed by atoms with Crippen molar-refractivity contribution in [2.45, 2.75) is 32.7 Å². The summed E-state index contributed by atoms with van der Waals surface area (Å²) in [5.41, 5.74) is 0. The predicted molar refractivity (Wildman–Crippen MR) is 78.0 cm³/mol. The van der Waals surface area contributed by atoms with E-state index in [2.05, 4.69) is 4.74 Å². The topological polar surface area (TPSA) is 84.0 Å². The minimum Gasteiger partial charge on any atom is -0.468 e. The van der Waals surface area contributed by atoms with Gasteiger partial charge in [0.05, 0.1) is 19.3 Å². The Morgan fingerprint density at radius 1 is 1.38 bits per heavy atom. The number of ether oxygens (including phenoxy) is 1. The molecule has 0 aromatic heterocycles. The molecule has 0 aromatic rings. The van der Waals surface area contributed by atoms with Crippen molar-refractivity contribution >= 4 is 21.9 Å². The molecule has 0 saturated carbocycles. The lowest BCUT2D eigenvalue weighted by molar-refractivity contribution is -0.150. The summed E-state index contributed by atoms with van der Waals surface area (Å²) in [6.07, 6.45) is 2.43. The first-order valence-corrected chi connectivity index (χ1v) is 8.84. The Labute approximate surface area is 126 Å². The van der Waals surface area contributed by atoms with E-state index in [9.17, 15) is 18.0 Å². The Morgan fingerprint density at radius 3 is 2.48 bits per heavy atom. The third kappa shape index (κ3) is 4.96. The van der Waals surface area contributed by atoms with Gasteiger partial charge in [0.2, 0.25) is 15.9 Å². The molecule has 0 N–H and O–H groups in total. The van der Waals surface area contributed by atoms with Gasteiger partial charge in [0.15, 0.2) is 0 Å². The van der Waals surface area contributed by atoms with Crippen LogP contribution in [0.4, 0.5) is 0 Å². The monoisotopic (exact) mass is 320 g/mol. The lowest BCUT2D eigenvalue weighted by Gasteiger charge is -2.34.